The molecule has 168 valence electrons. The Kier molecular flexibility index (Phi) is 6.02. The zero-order valence-corrected chi connectivity index (χ0v) is 17.6. The molecule has 0 spiro atoms. The van der Waals surface area contributed by atoms with Crippen LogP contribution in [0.25, 0.3) is 11.3 Å². The van der Waals surface area contributed by atoms with E-state index in [1.807, 2.05) is 47.4 Å². The lowest BCUT2D eigenvalue weighted by Crippen LogP contribution is -2.49. The van der Waals surface area contributed by atoms with Gasteiger partial charge in [0.15, 0.2) is 5.82 Å². The topological polar surface area (TPSA) is 75.6 Å². The molecule has 1 fully saturated rings. The van der Waals surface area contributed by atoms with Gasteiger partial charge in [0, 0.05) is 31.7 Å². The lowest BCUT2D eigenvalue weighted by molar-refractivity contribution is -0.274. The first-order valence-corrected chi connectivity index (χ1v) is 11.2. The van der Waals surface area contributed by atoms with Crippen LogP contribution in [0.3, 0.4) is 0 Å². The molecule has 32 heavy (non-hydrogen) atoms. The molecule has 0 aliphatic carbocycles. The van der Waals surface area contributed by atoms with Gasteiger partial charge >= 0.3 is 6.36 Å². The van der Waals surface area contributed by atoms with Crippen molar-refractivity contribution in [3.05, 3.63) is 66.7 Å². The van der Waals surface area contributed by atoms with Gasteiger partial charge in [-0.25, -0.2) is 8.42 Å². The third-order valence-corrected chi connectivity index (χ3v) is 6.89. The van der Waals surface area contributed by atoms with E-state index < -0.39 is 22.1 Å². The van der Waals surface area contributed by atoms with Crippen LogP contribution >= 0.6 is 0 Å². The zero-order chi connectivity index (χ0) is 22.8. The molecule has 0 N–H and O–H groups in total. The highest BCUT2D eigenvalue weighted by Crippen LogP contribution is 2.26. The predicted molar refractivity (Wildman–Crippen MR) is 112 cm³/mol. The maximum atomic E-state index is 12.8. The summed E-state index contributed by atoms with van der Waals surface area (Å²) in [6.45, 7) is 1.25. The summed E-state index contributed by atoms with van der Waals surface area (Å²) in [6.07, 6.45) is -4.83. The van der Waals surface area contributed by atoms with Gasteiger partial charge in [0.05, 0.1) is 10.6 Å². The van der Waals surface area contributed by atoms with Gasteiger partial charge in [0.25, 0.3) is 0 Å². The first-order chi connectivity index (χ1) is 15.2. The Morgan fingerprint density at radius 3 is 2.03 bits per heavy atom. The number of aromatic nitrogens is 2. The Bertz CT molecular complexity index is 1150. The lowest BCUT2D eigenvalue weighted by Gasteiger charge is -2.34. The highest BCUT2D eigenvalue weighted by Gasteiger charge is 2.32. The minimum Gasteiger partial charge on any atom is -0.406 e. The summed E-state index contributed by atoms with van der Waals surface area (Å²) in [5.74, 6) is 0.175. The minimum absolute atomic E-state index is 0.0903. The van der Waals surface area contributed by atoms with Gasteiger partial charge in [-0.15, -0.1) is 23.4 Å². The van der Waals surface area contributed by atoms with E-state index in [0.29, 0.717) is 18.9 Å². The fraction of sp³-hybridized carbons (Fsp3) is 0.238. The van der Waals surface area contributed by atoms with E-state index >= 15 is 0 Å². The average Bonchev–Trinajstić information content (AvgIpc) is 2.79. The van der Waals surface area contributed by atoms with Crippen molar-refractivity contribution in [2.75, 3.05) is 31.1 Å². The van der Waals surface area contributed by atoms with E-state index in [0.717, 1.165) is 35.5 Å². The quantitative estimate of drug-likeness (QED) is 0.575. The number of ether oxygens (including phenoxy) is 1. The fourth-order valence-corrected chi connectivity index (χ4v) is 4.80. The van der Waals surface area contributed by atoms with E-state index in [4.69, 9.17) is 0 Å². The van der Waals surface area contributed by atoms with E-state index in [1.54, 1.807) is 0 Å². The normalized spacial score (nSPS) is 15.5. The van der Waals surface area contributed by atoms with Crippen LogP contribution < -0.4 is 9.64 Å². The van der Waals surface area contributed by atoms with E-state index in [2.05, 4.69) is 14.9 Å². The minimum atomic E-state index is -4.83. The first-order valence-electron chi connectivity index (χ1n) is 9.72. The van der Waals surface area contributed by atoms with Gasteiger partial charge in [0.1, 0.15) is 5.75 Å². The molecule has 1 aliphatic rings. The summed E-state index contributed by atoms with van der Waals surface area (Å²) >= 11 is 0. The third-order valence-electron chi connectivity index (χ3n) is 4.98. The molecule has 0 amide bonds. The van der Waals surface area contributed by atoms with Crippen LogP contribution in [0, 0.1) is 0 Å². The molecule has 2 heterocycles. The van der Waals surface area contributed by atoms with Gasteiger partial charge in [-0.2, -0.15) is 4.31 Å². The highest BCUT2D eigenvalue weighted by molar-refractivity contribution is 7.89. The van der Waals surface area contributed by atoms with Crippen LogP contribution in [-0.4, -0.2) is 55.5 Å². The lowest BCUT2D eigenvalue weighted by atomic mass is 10.1. The molecule has 3 aromatic rings. The van der Waals surface area contributed by atoms with Gasteiger partial charge < -0.3 is 9.64 Å². The molecule has 1 aliphatic heterocycles. The van der Waals surface area contributed by atoms with Crippen LogP contribution in [0.4, 0.5) is 19.0 Å². The van der Waals surface area contributed by atoms with Gasteiger partial charge in [0.2, 0.25) is 10.0 Å². The van der Waals surface area contributed by atoms with Crippen LogP contribution in [0.2, 0.25) is 0 Å². The van der Waals surface area contributed by atoms with Crippen molar-refractivity contribution in [2.45, 2.75) is 11.3 Å². The zero-order valence-electron chi connectivity index (χ0n) is 16.7. The Hall–Kier alpha value is -3.18. The first kappa shape index (κ1) is 22.0. The van der Waals surface area contributed by atoms with Crippen molar-refractivity contribution in [3.63, 3.8) is 0 Å². The van der Waals surface area contributed by atoms with Crippen molar-refractivity contribution >= 4 is 15.8 Å². The fourth-order valence-electron chi connectivity index (χ4n) is 3.38. The molecule has 1 aromatic heterocycles. The summed E-state index contributed by atoms with van der Waals surface area (Å²) in [5.41, 5.74) is 1.70. The van der Waals surface area contributed by atoms with Crippen molar-refractivity contribution in [3.8, 4) is 17.0 Å². The second kappa shape index (κ2) is 8.75. The molecular weight excluding hydrogens is 445 g/mol. The van der Waals surface area contributed by atoms with Crippen molar-refractivity contribution in [2.24, 2.45) is 0 Å². The second-order valence-electron chi connectivity index (χ2n) is 7.05. The molecule has 2 aromatic carbocycles. The van der Waals surface area contributed by atoms with Crippen molar-refractivity contribution < 1.29 is 26.3 Å². The van der Waals surface area contributed by atoms with Gasteiger partial charge in [-0.1, -0.05) is 30.3 Å². The summed E-state index contributed by atoms with van der Waals surface area (Å²) < 4.78 is 67.6. The third kappa shape index (κ3) is 5.00. The number of benzene rings is 2. The van der Waals surface area contributed by atoms with Crippen LogP contribution in [0.5, 0.6) is 5.75 Å². The number of hydrogen-bond donors (Lipinski definition) is 0. The van der Waals surface area contributed by atoms with E-state index in [1.165, 1.54) is 4.31 Å². The molecule has 4 rings (SSSR count). The van der Waals surface area contributed by atoms with E-state index in [9.17, 15) is 21.6 Å². The van der Waals surface area contributed by atoms with Crippen molar-refractivity contribution in [1.82, 2.24) is 14.5 Å². The average molecular weight is 464 g/mol. The SMILES string of the molecule is O=S(=O)(c1ccc(OC(F)(F)F)cc1)N1CCN(c2ccc(-c3ccccc3)nn2)CC1. The number of piperazine rings is 1. The Morgan fingerprint density at radius 2 is 1.47 bits per heavy atom. The standard InChI is InChI=1S/C21H19F3N4O3S/c22-21(23,24)31-17-6-8-18(9-7-17)32(29,30)28-14-12-27(13-15-28)20-11-10-19(25-26-20)16-4-2-1-3-5-16/h1-11H,12-15H2. The summed E-state index contributed by atoms with van der Waals surface area (Å²) in [4.78, 5) is 1.85. The Labute approximate surface area is 183 Å². The maximum Gasteiger partial charge on any atom is 0.573 e. The number of nitrogens with zero attached hydrogens (tertiary/aromatic N) is 4. The molecule has 7 nitrogen and oxygen atoms in total. The predicted octanol–water partition coefficient (Wildman–Crippen LogP) is 3.55. The summed E-state index contributed by atoms with van der Waals surface area (Å²) in [6, 6.07) is 17.5. The number of rotatable bonds is 5. The van der Waals surface area contributed by atoms with Gasteiger partial charge in [-0.3, -0.25) is 0 Å². The number of halogens is 3. The number of anilines is 1. The number of hydrogen-bond acceptors (Lipinski definition) is 6. The summed E-state index contributed by atoms with van der Waals surface area (Å²) in [5, 5.41) is 8.52. The smallest absolute Gasteiger partial charge is 0.406 e. The van der Waals surface area contributed by atoms with Crippen LogP contribution in [-0.2, 0) is 10.0 Å². The molecule has 0 radical (unpaired) electrons. The maximum absolute atomic E-state index is 12.8. The largest absolute Gasteiger partial charge is 0.573 e. The van der Waals surface area contributed by atoms with Crippen LogP contribution in [0.15, 0.2) is 71.6 Å². The molecule has 0 saturated carbocycles. The molecular formula is C21H19F3N4O3S. The second-order valence-corrected chi connectivity index (χ2v) is 8.99. The molecule has 0 bridgehead atoms. The van der Waals surface area contributed by atoms with Crippen LogP contribution in [0.1, 0.15) is 0 Å². The number of alkyl halides is 3. The molecule has 1 saturated heterocycles. The molecule has 11 heteroatoms. The highest BCUT2D eigenvalue weighted by atomic mass is 32.2. The van der Waals surface area contributed by atoms with Crippen molar-refractivity contribution in [1.29, 1.82) is 0 Å². The monoisotopic (exact) mass is 464 g/mol. The summed E-state index contributed by atoms with van der Waals surface area (Å²) in [7, 11) is -3.84. The number of sulfonamides is 1. The molecule has 0 atom stereocenters. The molecule has 0 unspecified atom stereocenters. The van der Waals surface area contributed by atoms with E-state index in [-0.39, 0.29) is 18.0 Å². The Balaban J connectivity index is 1.39. The van der Waals surface area contributed by atoms with Gasteiger partial charge in [-0.05, 0) is 36.4 Å². The Morgan fingerprint density at radius 1 is 0.812 bits per heavy atom.